The average molecular weight is 407 g/mol. The maximum Gasteiger partial charge on any atom is 0.237 e. The van der Waals surface area contributed by atoms with Crippen LogP contribution < -0.4 is 5.32 Å². The van der Waals surface area contributed by atoms with Gasteiger partial charge in [-0.15, -0.1) is 11.3 Å². The number of likely N-dealkylation sites (tertiary alicyclic amines) is 1. The van der Waals surface area contributed by atoms with Crippen LogP contribution in [0.4, 0.5) is 0 Å². The van der Waals surface area contributed by atoms with Gasteiger partial charge in [0.15, 0.2) is 0 Å². The van der Waals surface area contributed by atoms with Gasteiger partial charge in [0.2, 0.25) is 11.8 Å². The van der Waals surface area contributed by atoms with Crippen molar-refractivity contribution in [1.82, 2.24) is 20.0 Å². The van der Waals surface area contributed by atoms with E-state index in [4.69, 9.17) is 0 Å². The van der Waals surface area contributed by atoms with Crippen molar-refractivity contribution < 1.29 is 9.59 Å². The number of hydrogen-bond acceptors (Lipinski definition) is 5. The van der Waals surface area contributed by atoms with Crippen LogP contribution in [-0.4, -0.2) is 77.9 Å². The van der Waals surface area contributed by atoms with Gasteiger partial charge in [0.05, 0.1) is 19.1 Å². The quantitative estimate of drug-likeness (QED) is 0.815. The molecule has 1 N–H and O–H groups in total. The van der Waals surface area contributed by atoms with Crippen LogP contribution in [0.2, 0.25) is 0 Å². The van der Waals surface area contributed by atoms with Crippen molar-refractivity contribution in [1.29, 1.82) is 0 Å². The summed E-state index contributed by atoms with van der Waals surface area (Å²) in [7, 11) is 0. The standard InChI is InChI=1S/C21H34N4O2S/c1-21(2,3)22-19(26)15-23-9-6-10-24(13-12-23)16-20(27)25-11-4-7-17(25)18-8-5-14-28-18/h5,8,14,17H,4,6-7,9-13,15-16H2,1-3H3,(H,22,26). The monoisotopic (exact) mass is 406 g/mol. The number of nitrogens with zero attached hydrogens (tertiary/aromatic N) is 3. The van der Waals surface area contributed by atoms with Crippen molar-refractivity contribution in [2.75, 3.05) is 45.8 Å². The Bertz CT molecular complexity index is 656. The minimum absolute atomic E-state index is 0.0767. The minimum Gasteiger partial charge on any atom is -0.350 e. The molecule has 2 saturated heterocycles. The fourth-order valence-corrected chi connectivity index (χ4v) is 5.00. The third kappa shape index (κ3) is 6.03. The summed E-state index contributed by atoms with van der Waals surface area (Å²) in [6, 6.07) is 4.48. The lowest BCUT2D eigenvalue weighted by Crippen LogP contribution is -2.46. The number of hydrogen-bond donors (Lipinski definition) is 1. The fraction of sp³-hybridized carbons (Fsp3) is 0.714. The highest BCUT2D eigenvalue weighted by Crippen LogP contribution is 2.34. The summed E-state index contributed by atoms with van der Waals surface area (Å²) < 4.78 is 0. The van der Waals surface area contributed by atoms with E-state index in [1.165, 1.54) is 4.88 Å². The molecule has 0 spiro atoms. The van der Waals surface area contributed by atoms with E-state index in [0.717, 1.165) is 52.0 Å². The van der Waals surface area contributed by atoms with Crippen LogP contribution in [0, 0.1) is 0 Å². The molecule has 6 nitrogen and oxygen atoms in total. The molecule has 1 atom stereocenters. The first-order valence-corrected chi connectivity index (χ1v) is 11.3. The van der Waals surface area contributed by atoms with Crippen LogP contribution in [0.5, 0.6) is 0 Å². The molecule has 3 rings (SSSR count). The van der Waals surface area contributed by atoms with E-state index in [1.54, 1.807) is 11.3 Å². The molecular formula is C21H34N4O2S. The van der Waals surface area contributed by atoms with Crippen LogP contribution in [-0.2, 0) is 9.59 Å². The maximum atomic E-state index is 13.0. The summed E-state index contributed by atoms with van der Waals surface area (Å²) in [5, 5.41) is 5.12. The summed E-state index contributed by atoms with van der Waals surface area (Å²) in [6.07, 6.45) is 3.15. The highest BCUT2D eigenvalue weighted by Gasteiger charge is 2.31. The van der Waals surface area contributed by atoms with Crippen molar-refractivity contribution in [3.05, 3.63) is 22.4 Å². The van der Waals surface area contributed by atoms with E-state index in [1.807, 2.05) is 20.8 Å². The maximum absolute atomic E-state index is 13.0. The molecule has 1 unspecified atom stereocenters. The number of amides is 2. The topological polar surface area (TPSA) is 55.9 Å². The van der Waals surface area contributed by atoms with Crippen molar-refractivity contribution in [2.24, 2.45) is 0 Å². The second-order valence-electron chi connectivity index (χ2n) is 8.96. The fourth-order valence-electron chi connectivity index (χ4n) is 4.13. The smallest absolute Gasteiger partial charge is 0.237 e. The Kier molecular flexibility index (Phi) is 7.12. The molecule has 0 aliphatic carbocycles. The van der Waals surface area contributed by atoms with Crippen LogP contribution in [0.3, 0.4) is 0 Å². The lowest BCUT2D eigenvalue weighted by molar-refractivity contribution is -0.133. The first kappa shape index (κ1) is 21.3. The van der Waals surface area contributed by atoms with Gasteiger partial charge in [-0.1, -0.05) is 6.07 Å². The first-order chi connectivity index (χ1) is 13.3. The van der Waals surface area contributed by atoms with Crippen LogP contribution in [0.1, 0.15) is 51.0 Å². The molecule has 2 aliphatic rings. The molecule has 1 aromatic rings. The molecule has 7 heteroatoms. The Morgan fingerprint density at radius 3 is 2.43 bits per heavy atom. The average Bonchev–Trinajstić information content (AvgIpc) is 3.24. The molecule has 3 heterocycles. The Labute approximate surface area is 172 Å². The van der Waals surface area contributed by atoms with Crippen LogP contribution in [0.25, 0.3) is 0 Å². The summed E-state index contributed by atoms with van der Waals surface area (Å²) >= 11 is 1.75. The van der Waals surface area contributed by atoms with Gasteiger partial charge in [-0.2, -0.15) is 0 Å². The summed E-state index contributed by atoms with van der Waals surface area (Å²) in [5.41, 5.74) is -0.198. The molecule has 2 aliphatic heterocycles. The SMILES string of the molecule is CC(C)(C)NC(=O)CN1CCCN(CC(=O)N2CCCC2c2cccs2)CC1. The third-order valence-corrected chi connectivity index (χ3v) is 6.34. The Hall–Kier alpha value is -1.44. The van der Waals surface area contributed by atoms with Gasteiger partial charge in [0.1, 0.15) is 0 Å². The normalized spacial score (nSPS) is 22.2. The molecule has 0 bridgehead atoms. The lowest BCUT2D eigenvalue weighted by atomic mass is 10.1. The highest BCUT2D eigenvalue weighted by atomic mass is 32.1. The van der Waals surface area contributed by atoms with Gasteiger partial charge < -0.3 is 10.2 Å². The number of thiophene rings is 1. The van der Waals surface area contributed by atoms with Crippen LogP contribution >= 0.6 is 11.3 Å². The van der Waals surface area contributed by atoms with Crippen LogP contribution in [0.15, 0.2) is 17.5 Å². The molecule has 28 heavy (non-hydrogen) atoms. The Morgan fingerprint density at radius 1 is 1.07 bits per heavy atom. The summed E-state index contributed by atoms with van der Waals surface area (Å²) in [4.78, 5) is 33.0. The van der Waals surface area contributed by atoms with E-state index in [0.29, 0.717) is 13.1 Å². The predicted octanol–water partition coefficient (Wildman–Crippen LogP) is 2.33. The lowest BCUT2D eigenvalue weighted by Gasteiger charge is -2.28. The predicted molar refractivity (Wildman–Crippen MR) is 113 cm³/mol. The van der Waals surface area contributed by atoms with E-state index in [-0.39, 0.29) is 23.4 Å². The second kappa shape index (κ2) is 9.37. The number of rotatable bonds is 5. The van der Waals surface area contributed by atoms with Gasteiger partial charge in [-0.25, -0.2) is 0 Å². The van der Waals surface area contributed by atoms with E-state index in [2.05, 4.69) is 37.5 Å². The van der Waals surface area contributed by atoms with Gasteiger partial charge >= 0.3 is 0 Å². The van der Waals surface area contributed by atoms with Gasteiger partial charge in [0.25, 0.3) is 0 Å². The molecule has 0 radical (unpaired) electrons. The van der Waals surface area contributed by atoms with Crippen molar-refractivity contribution in [3.8, 4) is 0 Å². The number of carbonyl (C=O) groups excluding carboxylic acids is 2. The molecule has 0 saturated carbocycles. The zero-order valence-corrected chi connectivity index (χ0v) is 18.3. The summed E-state index contributed by atoms with van der Waals surface area (Å²) in [5.74, 6) is 0.322. The molecule has 156 valence electrons. The molecular weight excluding hydrogens is 372 g/mol. The Balaban J connectivity index is 1.48. The van der Waals surface area contributed by atoms with Crippen molar-refractivity contribution in [3.63, 3.8) is 0 Å². The summed E-state index contributed by atoms with van der Waals surface area (Å²) in [6.45, 7) is 11.3. The van der Waals surface area contributed by atoms with Gasteiger partial charge in [-0.05, 0) is 64.6 Å². The van der Waals surface area contributed by atoms with E-state index in [9.17, 15) is 9.59 Å². The highest BCUT2D eigenvalue weighted by molar-refractivity contribution is 7.10. The van der Waals surface area contributed by atoms with Gasteiger partial charge in [0, 0.05) is 30.1 Å². The first-order valence-electron chi connectivity index (χ1n) is 10.4. The minimum atomic E-state index is -0.198. The zero-order chi connectivity index (χ0) is 20.1. The third-order valence-electron chi connectivity index (χ3n) is 5.37. The van der Waals surface area contributed by atoms with Crippen molar-refractivity contribution in [2.45, 2.75) is 51.6 Å². The molecule has 2 fully saturated rings. The van der Waals surface area contributed by atoms with Crippen molar-refractivity contribution >= 4 is 23.2 Å². The largest absolute Gasteiger partial charge is 0.350 e. The second-order valence-corrected chi connectivity index (χ2v) is 9.94. The Morgan fingerprint density at radius 2 is 1.79 bits per heavy atom. The molecule has 2 amide bonds. The number of nitrogens with one attached hydrogen (secondary N) is 1. The molecule has 0 aromatic carbocycles. The van der Waals surface area contributed by atoms with E-state index >= 15 is 0 Å². The van der Waals surface area contributed by atoms with Gasteiger partial charge in [-0.3, -0.25) is 19.4 Å². The number of carbonyl (C=O) groups is 2. The van der Waals surface area contributed by atoms with E-state index < -0.39 is 0 Å². The molecule has 1 aromatic heterocycles. The zero-order valence-electron chi connectivity index (χ0n) is 17.4.